The number of hydrogen-bond donors (Lipinski definition) is 0. The first-order valence-corrected chi connectivity index (χ1v) is 11.1. The minimum atomic E-state index is -1.14. The van der Waals surface area contributed by atoms with Gasteiger partial charge in [0.1, 0.15) is 0 Å². The van der Waals surface area contributed by atoms with Gasteiger partial charge in [0.2, 0.25) is 11.6 Å². The van der Waals surface area contributed by atoms with Crippen molar-refractivity contribution in [3.63, 3.8) is 0 Å². The van der Waals surface area contributed by atoms with E-state index in [0.717, 1.165) is 49.0 Å². The van der Waals surface area contributed by atoms with Gasteiger partial charge in [0.25, 0.3) is 0 Å². The molecule has 2 saturated heterocycles. The highest BCUT2D eigenvalue weighted by atomic mass is 16.7. The molecule has 0 aromatic heterocycles. The standard InChI is InChI=1S/C26H28O6/c27-23(31-25(17-7-9-19-29-25)21-11-3-1-4-12-21)15-16-24(28)32-26(18-8-10-20-30-26)22-13-5-2-6-14-22/h1-6,11-16H,7-10,17-20H2/b16-15+. The molecule has 2 aliphatic heterocycles. The van der Waals surface area contributed by atoms with E-state index in [1.807, 2.05) is 60.7 Å². The second-order valence-electron chi connectivity index (χ2n) is 8.02. The highest BCUT2D eigenvalue weighted by Gasteiger charge is 2.40. The summed E-state index contributed by atoms with van der Waals surface area (Å²) < 4.78 is 23.3. The van der Waals surface area contributed by atoms with Crippen molar-refractivity contribution < 1.29 is 28.5 Å². The van der Waals surface area contributed by atoms with E-state index in [1.165, 1.54) is 0 Å². The highest BCUT2D eigenvalue weighted by Crippen LogP contribution is 2.38. The minimum Gasteiger partial charge on any atom is -0.425 e. The van der Waals surface area contributed by atoms with Gasteiger partial charge in [0, 0.05) is 36.1 Å². The van der Waals surface area contributed by atoms with Crippen LogP contribution in [0.5, 0.6) is 0 Å². The number of ether oxygens (including phenoxy) is 4. The molecule has 2 aromatic rings. The Hall–Kier alpha value is -2.96. The molecule has 0 aliphatic carbocycles. The van der Waals surface area contributed by atoms with E-state index in [1.54, 1.807) is 0 Å². The van der Waals surface area contributed by atoms with Gasteiger partial charge in [-0.3, -0.25) is 0 Å². The van der Waals surface area contributed by atoms with Crippen LogP contribution in [0.3, 0.4) is 0 Å². The second kappa shape index (κ2) is 10.1. The topological polar surface area (TPSA) is 71.1 Å². The first kappa shape index (κ1) is 22.2. The molecule has 6 nitrogen and oxygen atoms in total. The van der Waals surface area contributed by atoms with Crippen molar-refractivity contribution in [3.8, 4) is 0 Å². The van der Waals surface area contributed by atoms with Crippen molar-refractivity contribution in [2.75, 3.05) is 13.2 Å². The lowest BCUT2D eigenvalue weighted by Crippen LogP contribution is -2.38. The van der Waals surface area contributed by atoms with E-state index < -0.39 is 23.5 Å². The summed E-state index contributed by atoms with van der Waals surface area (Å²) in [5.74, 6) is -3.59. The summed E-state index contributed by atoms with van der Waals surface area (Å²) >= 11 is 0. The molecule has 0 amide bonds. The van der Waals surface area contributed by atoms with E-state index in [0.29, 0.717) is 26.1 Å². The van der Waals surface area contributed by atoms with Crippen LogP contribution in [0.2, 0.25) is 0 Å². The molecule has 2 unspecified atom stereocenters. The minimum absolute atomic E-state index is 0.505. The molecule has 4 rings (SSSR count). The lowest BCUT2D eigenvalue weighted by Gasteiger charge is -2.36. The first-order valence-electron chi connectivity index (χ1n) is 11.1. The first-order chi connectivity index (χ1) is 15.6. The van der Waals surface area contributed by atoms with E-state index >= 15 is 0 Å². The molecule has 2 atom stereocenters. The Morgan fingerprint density at radius 1 is 0.656 bits per heavy atom. The summed E-state index contributed by atoms with van der Waals surface area (Å²) in [7, 11) is 0. The summed E-state index contributed by atoms with van der Waals surface area (Å²) in [6.45, 7) is 1.01. The second-order valence-corrected chi connectivity index (χ2v) is 8.02. The van der Waals surface area contributed by atoms with Crippen molar-refractivity contribution >= 4 is 11.9 Å². The normalized spacial score (nSPS) is 25.9. The van der Waals surface area contributed by atoms with Crippen LogP contribution >= 0.6 is 0 Å². The molecule has 0 N–H and O–H groups in total. The average Bonchev–Trinajstić information content (AvgIpc) is 2.85. The molecule has 2 aliphatic rings. The molecule has 0 radical (unpaired) electrons. The summed E-state index contributed by atoms with van der Waals surface area (Å²) in [5, 5.41) is 0. The molecule has 2 fully saturated rings. The Morgan fingerprint density at radius 3 is 1.41 bits per heavy atom. The van der Waals surface area contributed by atoms with Crippen molar-refractivity contribution in [1.82, 2.24) is 0 Å². The maximum Gasteiger partial charge on any atom is 0.333 e. The predicted molar refractivity (Wildman–Crippen MR) is 117 cm³/mol. The van der Waals surface area contributed by atoms with Crippen molar-refractivity contribution in [1.29, 1.82) is 0 Å². The molecule has 32 heavy (non-hydrogen) atoms. The molecular formula is C26H28O6. The fraction of sp³-hybridized carbons (Fsp3) is 0.385. The Balaban J connectivity index is 1.45. The fourth-order valence-electron chi connectivity index (χ4n) is 4.19. The summed E-state index contributed by atoms with van der Waals surface area (Å²) in [4.78, 5) is 25.2. The SMILES string of the molecule is O=C(/C=C/C(=O)OC1(c2ccccc2)CCCCO1)OC1(c2ccccc2)CCCCO1. The van der Waals surface area contributed by atoms with E-state index in [-0.39, 0.29) is 0 Å². The number of benzene rings is 2. The lowest BCUT2D eigenvalue weighted by atomic mass is 9.97. The maximum absolute atomic E-state index is 12.6. The van der Waals surface area contributed by atoms with Gasteiger partial charge < -0.3 is 18.9 Å². The summed E-state index contributed by atoms with van der Waals surface area (Å²) in [6, 6.07) is 18.8. The third-order valence-corrected chi connectivity index (χ3v) is 5.78. The van der Waals surface area contributed by atoms with Gasteiger partial charge in [0.15, 0.2) is 0 Å². The molecule has 0 bridgehead atoms. The third-order valence-electron chi connectivity index (χ3n) is 5.78. The predicted octanol–water partition coefficient (Wildman–Crippen LogP) is 4.74. The van der Waals surface area contributed by atoms with Crippen LogP contribution in [0, 0.1) is 0 Å². The molecule has 168 valence electrons. The van der Waals surface area contributed by atoms with Crippen LogP contribution in [0.25, 0.3) is 0 Å². The highest BCUT2D eigenvalue weighted by molar-refractivity contribution is 5.92. The van der Waals surface area contributed by atoms with Crippen molar-refractivity contribution in [2.45, 2.75) is 50.1 Å². The van der Waals surface area contributed by atoms with E-state index in [4.69, 9.17) is 18.9 Å². The summed E-state index contributed by atoms with van der Waals surface area (Å²) in [6.07, 6.45) is 6.89. The molecule has 2 heterocycles. The van der Waals surface area contributed by atoms with E-state index in [2.05, 4.69) is 0 Å². The van der Waals surface area contributed by atoms with Gasteiger partial charge in [-0.1, -0.05) is 60.7 Å². The number of rotatable bonds is 6. The Labute approximate surface area is 188 Å². The van der Waals surface area contributed by atoms with Gasteiger partial charge in [-0.05, 0) is 25.7 Å². The van der Waals surface area contributed by atoms with Crippen LogP contribution in [0.1, 0.15) is 49.7 Å². The number of hydrogen-bond acceptors (Lipinski definition) is 6. The molecule has 0 spiro atoms. The molecule has 0 saturated carbocycles. The number of esters is 2. The van der Waals surface area contributed by atoms with Gasteiger partial charge in [-0.25, -0.2) is 9.59 Å². The zero-order valence-corrected chi connectivity index (χ0v) is 18.0. The van der Waals surface area contributed by atoms with Crippen LogP contribution in [0.15, 0.2) is 72.8 Å². The quantitative estimate of drug-likeness (QED) is 0.481. The van der Waals surface area contributed by atoms with Crippen LogP contribution in [-0.4, -0.2) is 25.2 Å². The van der Waals surface area contributed by atoms with Gasteiger partial charge in [-0.15, -0.1) is 0 Å². The Kier molecular flexibility index (Phi) is 7.02. The van der Waals surface area contributed by atoms with Crippen molar-refractivity contribution in [2.24, 2.45) is 0 Å². The lowest BCUT2D eigenvalue weighted by molar-refractivity contribution is -0.253. The maximum atomic E-state index is 12.6. The molecular weight excluding hydrogens is 408 g/mol. The number of carbonyl (C=O) groups excluding carboxylic acids is 2. The number of carbonyl (C=O) groups is 2. The largest absolute Gasteiger partial charge is 0.425 e. The zero-order valence-electron chi connectivity index (χ0n) is 18.0. The van der Waals surface area contributed by atoms with Gasteiger partial charge >= 0.3 is 11.9 Å². The molecule has 6 heteroatoms. The van der Waals surface area contributed by atoms with Gasteiger partial charge in [0.05, 0.1) is 13.2 Å². The average molecular weight is 437 g/mol. The zero-order chi connectivity index (χ0) is 22.3. The fourth-order valence-corrected chi connectivity index (χ4v) is 4.19. The molecule has 2 aromatic carbocycles. The third kappa shape index (κ3) is 5.09. The monoisotopic (exact) mass is 436 g/mol. The van der Waals surface area contributed by atoms with Crippen molar-refractivity contribution in [3.05, 3.63) is 83.9 Å². The van der Waals surface area contributed by atoms with Gasteiger partial charge in [-0.2, -0.15) is 0 Å². The summed E-state index contributed by atoms with van der Waals surface area (Å²) in [5.41, 5.74) is 1.56. The van der Waals surface area contributed by atoms with Crippen LogP contribution in [0.4, 0.5) is 0 Å². The van der Waals surface area contributed by atoms with Crippen LogP contribution in [-0.2, 0) is 40.1 Å². The van der Waals surface area contributed by atoms with E-state index in [9.17, 15) is 9.59 Å². The Morgan fingerprint density at radius 2 is 1.06 bits per heavy atom. The van der Waals surface area contributed by atoms with Crippen LogP contribution < -0.4 is 0 Å². The Bertz CT molecular complexity index is 848. The smallest absolute Gasteiger partial charge is 0.333 e.